The molecular weight excluding hydrogens is 298 g/mol. The number of rotatable bonds is 3. The number of likely N-dealkylation sites (tertiary alicyclic amines) is 1. The van der Waals surface area contributed by atoms with E-state index in [1.54, 1.807) is 17.0 Å². The number of urea groups is 1. The lowest BCUT2D eigenvalue weighted by Crippen LogP contribution is -2.49. The van der Waals surface area contributed by atoms with Gasteiger partial charge in [-0.3, -0.25) is 15.0 Å². The number of nitrogens with one attached hydrogen (secondary N) is 2. The van der Waals surface area contributed by atoms with Crippen molar-refractivity contribution < 1.29 is 9.72 Å². The first-order valence-electron chi connectivity index (χ1n) is 7.88. The maximum absolute atomic E-state index is 12.3. The second-order valence-electron chi connectivity index (χ2n) is 5.91. The summed E-state index contributed by atoms with van der Waals surface area (Å²) in [6.45, 7) is 5.46. The van der Waals surface area contributed by atoms with E-state index in [9.17, 15) is 14.9 Å². The van der Waals surface area contributed by atoms with Gasteiger partial charge in [-0.05, 0) is 12.5 Å². The highest BCUT2D eigenvalue weighted by Gasteiger charge is 2.31. The lowest BCUT2D eigenvalue weighted by atomic mass is 10.2. The monoisotopic (exact) mass is 319 g/mol. The first-order valence-corrected chi connectivity index (χ1v) is 7.88. The van der Waals surface area contributed by atoms with Gasteiger partial charge in [0.25, 0.3) is 5.69 Å². The molecule has 3 rings (SSSR count). The number of nitro groups is 1. The second-order valence-corrected chi connectivity index (χ2v) is 5.91. The predicted octanol–water partition coefficient (Wildman–Crippen LogP) is 1.11. The van der Waals surface area contributed by atoms with E-state index in [2.05, 4.69) is 15.5 Å². The number of carbonyl (C=O) groups is 1. The fraction of sp³-hybridized carbons (Fsp3) is 0.533. The van der Waals surface area contributed by atoms with Gasteiger partial charge in [-0.1, -0.05) is 6.07 Å². The maximum atomic E-state index is 12.3. The number of amides is 2. The number of hydrogen-bond acceptors (Lipinski definition) is 5. The average molecular weight is 319 g/mol. The largest absolute Gasteiger partial charge is 0.323 e. The molecule has 1 aromatic carbocycles. The van der Waals surface area contributed by atoms with Crippen molar-refractivity contribution >= 4 is 17.4 Å². The molecule has 2 amide bonds. The summed E-state index contributed by atoms with van der Waals surface area (Å²) in [5.74, 6) is 0. The summed E-state index contributed by atoms with van der Waals surface area (Å²) in [6.07, 6.45) is 0.975. The molecule has 0 spiro atoms. The molecule has 1 atom stereocenters. The molecule has 0 saturated carbocycles. The molecule has 1 aromatic rings. The molecule has 2 fully saturated rings. The fourth-order valence-corrected chi connectivity index (χ4v) is 3.17. The van der Waals surface area contributed by atoms with E-state index in [0.29, 0.717) is 18.3 Å². The number of nitrogens with zero attached hydrogens (tertiary/aromatic N) is 3. The van der Waals surface area contributed by atoms with Gasteiger partial charge < -0.3 is 15.5 Å². The van der Waals surface area contributed by atoms with Crippen molar-refractivity contribution in [3.8, 4) is 0 Å². The molecule has 1 unspecified atom stereocenters. The Balaban J connectivity index is 1.56. The Labute approximate surface area is 134 Å². The molecule has 0 aromatic heterocycles. The zero-order valence-electron chi connectivity index (χ0n) is 12.9. The number of benzene rings is 1. The van der Waals surface area contributed by atoms with Crippen LogP contribution in [-0.2, 0) is 0 Å². The predicted molar refractivity (Wildman–Crippen MR) is 86.5 cm³/mol. The number of hydrogen-bond donors (Lipinski definition) is 2. The Morgan fingerprint density at radius 3 is 2.83 bits per heavy atom. The van der Waals surface area contributed by atoms with Crippen molar-refractivity contribution in [3.05, 3.63) is 34.4 Å². The number of non-ortho nitro benzene ring substituents is 1. The summed E-state index contributed by atoms with van der Waals surface area (Å²) in [5.41, 5.74) is 0.428. The van der Waals surface area contributed by atoms with Crippen molar-refractivity contribution in [1.82, 2.24) is 15.1 Å². The van der Waals surface area contributed by atoms with Crippen LogP contribution < -0.4 is 10.6 Å². The summed E-state index contributed by atoms with van der Waals surface area (Å²) in [4.78, 5) is 26.9. The minimum atomic E-state index is -0.466. The summed E-state index contributed by atoms with van der Waals surface area (Å²) in [7, 11) is 0. The number of anilines is 1. The maximum Gasteiger partial charge on any atom is 0.321 e. The molecule has 124 valence electrons. The molecule has 0 bridgehead atoms. The van der Waals surface area contributed by atoms with Crippen molar-refractivity contribution in [1.29, 1.82) is 0 Å². The van der Waals surface area contributed by atoms with Crippen LogP contribution in [0.15, 0.2) is 24.3 Å². The number of carbonyl (C=O) groups excluding carboxylic acids is 1. The van der Waals surface area contributed by atoms with Gasteiger partial charge in [0.05, 0.1) is 4.92 Å². The van der Waals surface area contributed by atoms with Crippen LogP contribution in [0.4, 0.5) is 16.2 Å². The summed E-state index contributed by atoms with van der Waals surface area (Å²) >= 11 is 0. The van der Waals surface area contributed by atoms with Crippen molar-refractivity contribution in [2.45, 2.75) is 12.5 Å². The highest BCUT2D eigenvalue weighted by atomic mass is 16.6. The number of piperazine rings is 1. The van der Waals surface area contributed by atoms with Crippen LogP contribution in [0.25, 0.3) is 0 Å². The lowest BCUT2D eigenvalue weighted by Gasteiger charge is -2.32. The van der Waals surface area contributed by atoms with E-state index in [0.717, 1.165) is 39.1 Å². The zero-order valence-corrected chi connectivity index (χ0v) is 12.9. The van der Waals surface area contributed by atoms with Gasteiger partial charge in [0.1, 0.15) is 0 Å². The van der Waals surface area contributed by atoms with Crippen LogP contribution in [0.1, 0.15) is 6.42 Å². The molecule has 0 aliphatic carbocycles. The Hall–Kier alpha value is -2.19. The van der Waals surface area contributed by atoms with Gasteiger partial charge in [0.2, 0.25) is 0 Å². The van der Waals surface area contributed by atoms with Crippen LogP contribution in [0.2, 0.25) is 0 Å². The molecule has 8 nitrogen and oxygen atoms in total. The first kappa shape index (κ1) is 15.7. The molecule has 2 saturated heterocycles. The van der Waals surface area contributed by atoms with Crippen molar-refractivity contribution in [3.63, 3.8) is 0 Å². The van der Waals surface area contributed by atoms with Crippen LogP contribution >= 0.6 is 0 Å². The topological polar surface area (TPSA) is 90.7 Å². The minimum Gasteiger partial charge on any atom is -0.323 e. The smallest absolute Gasteiger partial charge is 0.321 e. The van der Waals surface area contributed by atoms with E-state index in [1.807, 2.05) is 0 Å². The second kappa shape index (κ2) is 6.93. The van der Waals surface area contributed by atoms with Gasteiger partial charge in [-0.15, -0.1) is 0 Å². The molecule has 0 radical (unpaired) electrons. The van der Waals surface area contributed by atoms with Crippen LogP contribution in [-0.4, -0.2) is 66.1 Å². The molecule has 2 aliphatic heterocycles. The third-order valence-electron chi connectivity index (χ3n) is 4.43. The number of nitro benzene ring substituents is 1. The lowest BCUT2D eigenvalue weighted by molar-refractivity contribution is -0.384. The van der Waals surface area contributed by atoms with Crippen molar-refractivity contribution in [2.75, 3.05) is 44.6 Å². The molecule has 2 N–H and O–H groups in total. The third-order valence-corrected chi connectivity index (χ3v) is 4.43. The fourth-order valence-electron chi connectivity index (χ4n) is 3.17. The standard InChI is InChI=1S/C15H21N5O3/c21-15(17-12-2-1-3-13(10-12)20(22)23)19-7-4-14(11-19)18-8-5-16-6-9-18/h1-3,10,14,16H,4-9,11H2,(H,17,21). The summed E-state index contributed by atoms with van der Waals surface area (Å²) < 4.78 is 0. The quantitative estimate of drug-likeness (QED) is 0.643. The van der Waals surface area contributed by atoms with Gasteiger partial charge >= 0.3 is 6.03 Å². The van der Waals surface area contributed by atoms with Gasteiger partial charge in [0, 0.05) is 63.1 Å². The Kier molecular flexibility index (Phi) is 4.73. The zero-order chi connectivity index (χ0) is 16.2. The third kappa shape index (κ3) is 3.77. The SMILES string of the molecule is O=C(Nc1cccc([N+](=O)[O-])c1)N1CCC(N2CCNCC2)C1. The van der Waals surface area contributed by atoms with E-state index in [-0.39, 0.29) is 11.7 Å². The van der Waals surface area contributed by atoms with Crippen LogP contribution in [0.3, 0.4) is 0 Å². The molecule has 2 aliphatic rings. The van der Waals surface area contributed by atoms with Crippen LogP contribution in [0.5, 0.6) is 0 Å². The highest BCUT2D eigenvalue weighted by Crippen LogP contribution is 2.20. The Bertz CT molecular complexity index is 588. The first-order chi connectivity index (χ1) is 11.1. The molecule has 2 heterocycles. The average Bonchev–Trinajstić information content (AvgIpc) is 3.06. The van der Waals surface area contributed by atoms with E-state index >= 15 is 0 Å². The van der Waals surface area contributed by atoms with E-state index in [1.165, 1.54) is 12.1 Å². The van der Waals surface area contributed by atoms with E-state index < -0.39 is 4.92 Å². The molecule has 8 heteroatoms. The van der Waals surface area contributed by atoms with Crippen molar-refractivity contribution in [2.24, 2.45) is 0 Å². The summed E-state index contributed by atoms with van der Waals surface area (Å²) in [5, 5.41) is 16.9. The summed E-state index contributed by atoms with van der Waals surface area (Å²) in [6, 6.07) is 6.24. The molecular formula is C15H21N5O3. The van der Waals surface area contributed by atoms with Gasteiger partial charge in [-0.2, -0.15) is 0 Å². The minimum absolute atomic E-state index is 0.0251. The highest BCUT2D eigenvalue weighted by molar-refractivity contribution is 5.89. The van der Waals surface area contributed by atoms with E-state index in [4.69, 9.17) is 0 Å². The van der Waals surface area contributed by atoms with Gasteiger partial charge in [-0.25, -0.2) is 4.79 Å². The van der Waals surface area contributed by atoms with Gasteiger partial charge in [0.15, 0.2) is 0 Å². The molecule has 23 heavy (non-hydrogen) atoms. The van der Waals surface area contributed by atoms with Crippen LogP contribution in [0, 0.1) is 10.1 Å². The Morgan fingerprint density at radius 1 is 1.30 bits per heavy atom. The Morgan fingerprint density at radius 2 is 2.09 bits per heavy atom. The normalized spacial score (nSPS) is 22.1.